The van der Waals surface area contributed by atoms with Crippen molar-refractivity contribution >= 4 is 29.6 Å². The molecule has 0 heterocycles. The lowest BCUT2D eigenvalue weighted by Crippen LogP contribution is -2.20. The molecule has 0 unspecified atom stereocenters. The molecule has 0 amide bonds. The minimum absolute atomic E-state index is 0.455. The van der Waals surface area contributed by atoms with Gasteiger partial charge in [0.25, 0.3) is 7.42 Å². The van der Waals surface area contributed by atoms with Crippen LogP contribution in [-0.4, -0.2) is 19.8 Å². The first-order chi connectivity index (χ1) is 5.29. The van der Waals surface area contributed by atoms with Crippen LogP contribution in [0, 0.1) is 0 Å². The van der Waals surface area contributed by atoms with Crippen molar-refractivity contribution < 1.29 is 4.74 Å². The highest BCUT2D eigenvalue weighted by atomic mass is 35.7. The molecule has 0 aromatic rings. The van der Waals surface area contributed by atoms with Crippen molar-refractivity contribution in [2.75, 3.05) is 6.23 Å². The van der Waals surface area contributed by atoms with Crippen LogP contribution in [-0.2, 0) is 4.74 Å². The molecule has 0 radical (unpaired) electrons. The zero-order chi connectivity index (χ0) is 8.10. The molecule has 11 heavy (non-hydrogen) atoms. The van der Waals surface area contributed by atoms with Gasteiger partial charge in [-0.3, -0.25) is 0 Å². The summed E-state index contributed by atoms with van der Waals surface area (Å²) in [7, 11) is -1.52. The number of halogens is 2. The first kappa shape index (κ1) is 9.84. The van der Waals surface area contributed by atoms with Crippen molar-refractivity contribution in [1.29, 1.82) is 0 Å². The van der Waals surface area contributed by atoms with Crippen LogP contribution in [0.15, 0.2) is 0 Å². The minimum atomic E-state index is -1.52. The standard InChI is InChI=1S/C7H14Cl2OSi/c8-11(9)6-10-7-4-2-1-3-5-7/h7,11H,1-6H2. The highest BCUT2D eigenvalue weighted by Crippen LogP contribution is 2.20. The van der Waals surface area contributed by atoms with Gasteiger partial charge in [-0.05, 0) is 12.8 Å². The van der Waals surface area contributed by atoms with Crippen molar-refractivity contribution in [3.63, 3.8) is 0 Å². The number of hydrogen-bond donors (Lipinski definition) is 0. The molecule has 0 bridgehead atoms. The van der Waals surface area contributed by atoms with Crippen molar-refractivity contribution in [1.82, 2.24) is 0 Å². The molecule has 1 aliphatic rings. The Morgan fingerprint density at radius 2 is 1.82 bits per heavy atom. The van der Waals surface area contributed by atoms with E-state index in [1.807, 2.05) is 0 Å². The lowest BCUT2D eigenvalue weighted by atomic mass is 9.98. The molecule has 0 spiro atoms. The molecule has 0 atom stereocenters. The van der Waals surface area contributed by atoms with Crippen LogP contribution in [0.4, 0.5) is 0 Å². The molecular formula is C7H14Cl2OSi. The second-order valence-electron chi connectivity index (χ2n) is 2.98. The first-order valence-electron chi connectivity index (χ1n) is 4.19. The molecule has 1 fully saturated rings. The maximum atomic E-state index is 5.68. The Labute approximate surface area is 79.0 Å². The van der Waals surface area contributed by atoms with Crippen LogP contribution in [0.2, 0.25) is 0 Å². The molecule has 0 saturated heterocycles. The van der Waals surface area contributed by atoms with Crippen molar-refractivity contribution in [3.8, 4) is 0 Å². The summed E-state index contributed by atoms with van der Waals surface area (Å²) < 4.78 is 5.54. The fraction of sp³-hybridized carbons (Fsp3) is 1.00. The van der Waals surface area contributed by atoms with E-state index >= 15 is 0 Å². The number of hydrogen-bond acceptors (Lipinski definition) is 1. The van der Waals surface area contributed by atoms with Gasteiger partial charge >= 0.3 is 0 Å². The quantitative estimate of drug-likeness (QED) is 0.517. The Kier molecular flexibility index (Phi) is 4.84. The smallest absolute Gasteiger partial charge is 0.261 e. The van der Waals surface area contributed by atoms with Crippen LogP contribution >= 0.6 is 22.2 Å². The zero-order valence-electron chi connectivity index (χ0n) is 6.56. The predicted octanol–water partition coefficient (Wildman–Crippen LogP) is 2.57. The molecule has 1 saturated carbocycles. The maximum Gasteiger partial charge on any atom is 0.261 e. The molecule has 1 aliphatic carbocycles. The Morgan fingerprint density at radius 3 is 2.36 bits per heavy atom. The number of ether oxygens (including phenoxy) is 1. The van der Waals surface area contributed by atoms with E-state index in [1.165, 1.54) is 32.1 Å². The SMILES string of the molecule is Cl[SiH](Cl)COC1CCCCC1. The summed E-state index contributed by atoms with van der Waals surface area (Å²) >= 11 is 11.4. The second-order valence-corrected chi connectivity index (χ2v) is 7.93. The molecule has 4 heteroatoms. The van der Waals surface area contributed by atoms with Crippen LogP contribution in [0.25, 0.3) is 0 Å². The van der Waals surface area contributed by atoms with Crippen LogP contribution < -0.4 is 0 Å². The molecule has 1 nitrogen and oxygen atoms in total. The molecule has 66 valence electrons. The van der Waals surface area contributed by atoms with E-state index in [0.29, 0.717) is 12.3 Å². The van der Waals surface area contributed by atoms with Gasteiger partial charge in [-0.25, -0.2) is 0 Å². The van der Waals surface area contributed by atoms with E-state index in [9.17, 15) is 0 Å². The van der Waals surface area contributed by atoms with Crippen LogP contribution in [0.1, 0.15) is 32.1 Å². The molecule has 0 aromatic carbocycles. The summed E-state index contributed by atoms with van der Waals surface area (Å²) in [4.78, 5) is 0. The Bertz CT molecular complexity index is 105. The molecule has 1 rings (SSSR count). The Hall–Kier alpha value is 0.757. The Morgan fingerprint density at radius 1 is 1.18 bits per heavy atom. The monoisotopic (exact) mass is 212 g/mol. The fourth-order valence-electron chi connectivity index (χ4n) is 1.44. The first-order valence-corrected chi connectivity index (χ1v) is 8.49. The van der Waals surface area contributed by atoms with Gasteiger partial charge in [0, 0.05) is 0 Å². The highest BCUT2D eigenvalue weighted by Gasteiger charge is 2.14. The molecule has 0 aromatic heterocycles. The summed E-state index contributed by atoms with van der Waals surface area (Å²) in [5, 5.41) is 0. The molecule has 0 N–H and O–H groups in total. The van der Waals surface area contributed by atoms with Crippen molar-refractivity contribution in [2.24, 2.45) is 0 Å². The van der Waals surface area contributed by atoms with Crippen LogP contribution in [0.3, 0.4) is 0 Å². The minimum Gasteiger partial charge on any atom is -0.379 e. The predicted molar refractivity (Wildman–Crippen MR) is 51.7 cm³/mol. The van der Waals surface area contributed by atoms with Gasteiger partial charge in [-0.2, -0.15) is 0 Å². The lowest BCUT2D eigenvalue weighted by molar-refractivity contribution is 0.0566. The zero-order valence-corrected chi connectivity index (χ0v) is 9.23. The maximum absolute atomic E-state index is 5.68. The van der Waals surface area contributed by atoms with E-state index < -0.39 is 7.42 Å². The van der Waals surface area contributed by atoms with E-state index in [0.717, 1.165) is 0 Å². The third-order valence-corrected chi connectivity index (χ3v) is 3.21. The van der Waals surface area contributed by atoms with E-state index in [1.54, 1.807) is 0 Å². The topological polar surface area (TPSA) is 9.23 Å². The van der Waals surface area contributed by atoms with E-state index in [4.69, 9.17) is 26.9 Å². The second kappa shape index (κ2) is 5.41. The average molecular weight is 213 g/mol. The van der Waals surface area contributed by atoms with Gasteiger partial charge in [0.2, 0.25) is 0 Å². The van der Waals surface area contributed by atoms with Crippen LogP contribution in [0.5, 0.6) is 0 Å². The lowest BCUT2D eigenvalue weighted by Gasteiger charge is -2.21. The fourth-order valence-corrected chi connectivity index (χ4v) is 2.29. The Balaban J connectivity index is 2.05. The number of rotatable bonds is 3. The van der Waals surface area contributed by atoms with Gasteiger partial charge in [0.15, 0.2) is 0 Å². The van der Waals surface area contributed by atoms with E-state index in [2.05, 4.69) is 0 Å². The third-order valence-electron chi connectivity index (χ3n) is 2.01. The normalized spacial score (nSPS) is 21.0. The summed E-state index contributed by atoms with van der Waals surface area (Å²) in [5.74, 6) is 0. The van der Waals surface area contributed by atoms with E-state index in [-0.39, 0.29) is 0 Å². The van der Waals surface area contributed by atoms with Gasteiger partial charge in [-0.1, -0.05) is 19.3 Å². The molecule has 0 aliphatic heterocycles. The highest BCUT2D eigenvalue weighted by molar-refractivity contribution is 7.33. The van der Waals surface area contributed by atoms with Gasteiger partial charge < -0.3 is 4.74 Å². The summed E-state index contributed by atoms with van der Waals surface area (Å²) in [6.45, 7) is 0. The van der Waals surface area contributed by atoms with Crippen molar-refractivity contribution in [3.05, 3.63) is 0 Å². The van der Waals surface area contributed by atoms with Gasteiger partial charge in [0.1, 0.15) is 0 Å². The van der Waals surface area contributed by atoms with Crippen molar-refractivity contribution in [2.45, 2.75) is 38.2 Å². The largest absolute Gasteiger partial charge is 0.379 e. The third kappa shape index (κ3) is 4.36. The average Bonchev–Trinajstić information content (AvgIpc) is 2.03. The summed E-state index contributed by atoms with van der Waals surface area (Å²) in [5.41, 5.74) is 0. The van der Waals surface area contributed by atoms with Gasteiger partial charge in [0.05, 0.1) is 12.3 Å². The van der Waals surface area contributed by atoms with Gasteiger partial charge in [-0.15, -0.1) is 22.2 Å². The summed E-state index contributed by atoms with van der Waals surface area (Å²) in [6, 6.07) is 0. The molecular weight excluding hydrogens is 199 g/mol. The summed E-state index contributed by atoms with van der Waals surface area (Å²) in [6.07, 6.45) is 7.46.